The standard InChI is InChI=1S/C20H22Cl2FNO3/c1-25-19-9-13(10-24-11-14-4-3-7-26-14)8-17(22)20(19)27-12-15-16(21)5-2-6-18(15)23/h2,5-6,8-9,14,24H,3-4,7,10-12H2,1H3/t14-/m1/s1. The zero-order valence-electron chi connectivity index (χ0n) is 15.1. The maximum Gasteiger partial charge on any atom is 0.180 e. The SMILES string of the molecule is COc1cc(CNC[C@H]2CCCO2)cc(Cl)c1OCc1c(F)cccc1Cl. The predicted octanol–water partition coefficient (Wildman–Crippen LogP) is 4.99. The van der Waals surface area contributed by atoms with E-state index in [1.54, 1.807) is 12.1 Å². The summed E-state index contributed by atoms with van der Waals surface area (Å²) in [6.07, 6.45) is 2.47. The summed E-state index contributed by atoms with van der Waals surface area (Å²) in [5.74, 6) is 0.429. The van der Waals surface area contributed by atoms with Crippen molar-refractivity contribution in [3.8, 4) is 11.5 Å². The van der Waals surface area contributed by atoms with Crippen molar-refractivity contribution >= 4 is 23.2 Å². The van der Waals surface area contributed by atoms with Crippen molar-refractivity contribution in [2.45, 2.75) is 32.1 Å². The molecule has 146 valence electrons. The van der Waals surface area contributed by atoms with E-state index in [0.29, 0.717) is 28.1 Å². The number of rotatable bonds is 8. The Morgan fingerprint density at radius 1 is 1.26 bits per heavy atom. The average molecular weight is 414 g/mol. The van der Waals surface area contributed by atoms with Crippen LogP contribution in [-0.2, 0) is 17.9 Å². The molecular formula is C20H22Cl2FNO3. The summed E-state index contributed by atoms with van der Waals surface area (Å²) < 4.78 is 30.7. The molecule has 1 saturated heterocycles. The van der Waals surface area contributed by atoms with Crippen LogP contribution in [-0.4, -0.2) is 26.4 Å². The fourth-order valence-electron chi connectivity index (χ4n) is 3.01. The molecule has 0 bridgehead atoms. The summed E-state index contributed by atoms with van der Waals surface area (Å²) in [5.41, 5.74) is 1.24. The number of hydrogen-bond acceptors (Lipinski definition) is 4. The van der Waals surface area contributed by atoms with E-state index in [1.165, 1.54) is 13.2 Å². The van der Waals surface area contributed by atoms with Crippen molar-refractivity contribution in [3.63, 3.8) is 0 Å². The second kappa shape index (κ2) is 9.60. The molecule has 4 nitrogen and oxygen atoms in total. The normalized spacial score (nSPS) is 16.5. The molecule has 2 aromatic carbocycles. The maximum absolute atomic E-state index is 13.9. The first-order chi connectivity index (χ1) is 13.1. The average Bonchev–Trinajstić information content (AvgIpc) is 3.15. The molecule has 3 rings (SSSR count). The Morgan fingerprint density at radius 3 is 2.81 bits per heavy atom. The van der Waals surface area contributed by atoms with E-state index in [4.69, 9.17) is 37.4 Å². The van der Waals surface area contributed by atoms with Crippen molar-refractivity contribution in [2.24, 2.45) is 0 Å². The molecule has 0 aromatic heterocycles. The van der Waals surface area contributed by atoms with Gasteiger partial charge < -0.3 is 19.5 Å². The minimum absolute atomic E-state index is 0.0435. The Bertz CT molecular complexity index is 762. The lowest BCUT2D eigenvalue weighted by Crippen LogP contribution is -2.25. The summed E-state index contributed by atoms with van der Waals surface area (Å²) in [5, 5.41) is 4.07. The molecule has 0 radical (unpaired) electrons. The molecule has 1 aliphatic heterocycles. The van der Waals surface area contributed by atoms with Crippen LogP contribution >= 0.6 is 23.2 Å². The Kier molecular flexibility index (Phi) is 7.19. The van der Waals surface area contributed by atoms with E-state index in [2.05, 4.69) is 5.32 Å². The number of hydrogen-bond donors (Lipinski definition) is 1. The van der Waals surface area contributed by atoms with Crippen LogP contribution in [0.4, 0.5) is 4.39 Å². The van der Waals surface area contributed by atoms with Gasteiger partial charge >= 0.3 is 0 Å². The molecule has 0 spiro atoms. The smallest absolute Gasteiger partial charge is 0.180 e. The molecule has 7 heteroatoms. The Hall–Kier alpha value is -1.53. The molecule has 1 fully saturated rings. The van der Waals surface area contributed by atoms with Crippen molar-refractivity contribution in [1.82, 2.24) is 5.32 Å². The van der Waals surface area contributed by atoms with E-state index < -0.39 is 5.82 Å². The molecule has 0 aliphatic carbocycles. The summed E-state index contributed by atoms with van der Waals surface area (Å²) in [4.78, 5) is 0. The van der Waals surface area contributed by atoms with Crippen LogP contribution in [0.15, 0.2) is 30.3 Å². The van der Waals surface area contributed by atoms with Crippen molar-refractivity contribution in [1.29, 1.82) is 0 Å². The monoisotopic (exact) mass is 413 g/mol. The molecule has 1 atom stereocenters. The molecule has 1 N–H and O–H groups in total. The molecule has 27 heavy (non-hydrogen) atoms. The largest absolute Gasteiger partial charge is 0.493 e. The summed E-state index contributed by atoms with van der Waals surface area (Å²) in [7, 11) is 1.54. The fourth-order valence-corrected chi connectivity index (χ4v) is 3.52. The van der Waals surface area contributed by atoms with Gasteiger partial charge in [0.25, 0.3) is 0 Å². The zero-order valence-corrected chi connectivity index (χ0v) is 16.6. The number of ether oxygens (including phenoxy) is 3. The highest BCUT2D eigenvalue weighted by atomic mass is 35.5. The minimum atomic E-state index is -0.424. The van der Waals surface area contributed by atoms with Gasteiger partial charge in [0.1, 0.15) is 12.4 Å². The third-order valence-corrected chi connectivity index (χ3v) is 5.07. The van der Waals surface area contributed by atoms with Crippen LogP contribution in [0.3, 0.4) is 0 Å². The first kappa shape index (κ1) is 20.2. The van der Waals surface area contributed by atoms with Gasteiger partial charge in [-0.05, 0) is 42.7 Å². The van der Waals surface area contributed by atoms with Crippen LogP contribution in [0.2, 0.25) is 10.0 Å². The highest BCUT2D eigenvalue weighted by Crippen LogP contribution is 2.37. The van der Waals surface area contributed by atoms with Crippen LogP contribution in [0.25, 0.3) is 0 Å². The minimum Gasteiger partial charge on any atom is -0.493 e. The Balaban J connectivity index is 1.66. The quantitative estimate of drug-likeness (QED) is 0.661. The zero-order chi connectivity index (χ0) is 19.2. The molecule has 0 amide bonds. The van der Waals surface area contributed by atoms with Gasteiger partial charge in [0, 0.05) is 25.3 Å². The second-order valence-electron chi connectivity index (χ2n) is 6.36. The third kappa shape index (κ3) is 5.26. The van der Waals surface area contributed by atoms with E-state index in [0.717, 1.165) is 31.6 Å². The lowest BCUT2D eigenvalue weighted by atomic mass is 10.2. The van der Waals surface area contributed by atoms with Gasteiger partial charge in [-0.15, -0.1) is 0 Å². The Labute approximate surface area is 168 Å². The first-order valence-electron chi connectivity index (χ1n) is 8.83. The van der Waals surface area contributed by atoms with Crippen molar-refractivity contribution in [3.05, 3.63) is 57.3 Å². The van der Waals surface area contributed by atoms with Gasteiger partial charge in [-0.1, -0.05) is 29.3 Å². The van der Waals surface area contributed by atoms with Crippen LogP contribution in [0, 0.1) is 5.82 Å². The highest BCUT2D eigenvalue weighted by Gasteiger charge is 2.17. The van der Waals surface area contributed by atoms with Gasteiger partial charge in [-0.2, -0.15) is 0 Å². The predicted molar refractivity (Wildman–Crippen MR) is 104 cm³/mol. The number of nitrogens with one attached hydrogen (secondary N) is 1. The lowest BCUT2D eigenvalue weighted by Gasteiger charge is -2.16. The van der Waals surface area contributed by atoms with Crippen molar-refractivity contribution in [2.75, 3.05) is 20.3 Å². The van der Waals surface area contributed by atoms with Gasteiger partial charge in [-0.25, -0.2) is 4.39 Å². The summed E-state index contributed by atoms with van der Waals surface area (Å²) in [6.45, 7) is 2.22. The molecule has 1 heterocycles. The van der Waals surface area contributed by atoms with Gasteiger partial charge in [0.05, 0.1) is 23.3 Å². The molecular weight excluding hydrogens is 392 g/mol. The number of benzene rings is 2. The molecule has 1 aliphatic rings. The van der Waals surface area contributed by atoms with Crippen molar-refractivity contribution < 1.29 is 18.6 Å². The number of halogens is 3. The third-order valence-electron chi connectivity index (χ3n) is 4.44. The molecule has 2 aromatic rings. The van der Waals surface area contributed by atoms with Crippen LogP contribution in [0.5, 0.6) is 11.5 Å². The van der Waals surface area contributed by atoms with Crippen LogP contribution in [0.1, 0.15) is 24.0 Å². The first-order valence-corrected chi connectivity index (χ1v) is 9.58. The van der Waals surface area contributed by atoms with E-state index in [1.807, 2.05) is 12.1 Å². The van der Waals surface area contributed by atoms with Gasteiger partial charge in [0.15, 0.2) is 11.5 Å². The van der Waals surface area contributed by atoms with Crippen LogP contribution < -0.4 is 14.8 Å². The fraction of sp³-hybridized carbons (Fsp3) is 0.400. The Morgan fingerprint density at radius 2 is 2.11 bits per heavy atom. The molecule has 0 unspecified atom stereocenters. The summed E-state index contributed by atoms with van der Waals surface area (Å²) in [6, 6.07) is 8.17. The lowest BCUT2D eigenvalue weighted by molar-refractivity contribution is 0.110. The molecule has 0 saturated carbocycles. The highest BCUT2D eigenvalue weighted by molar-refractivity contribution is 6.32. The van der Waals surface area contributed by atoms with Gasteiger partial charge in [-0.3, -0.25) is 0 Å². The van der Waals surface area contributed by atoms with E-state index in [-0.39, 0.29) is 18.3 Å². The topological polar surface area (TPSA) is 39.7 Å². The second-order valence-corrected chi connectivity index (χ2v) is 7.18. The summed E-state index contributed by atoms with van der Waals surface area (Å²) >= 11 is 12.4. The van der Waals surface area contributed by atoms with Gasteiger partial charge in [0.2, 0.25) is 0 Å². The maximum atomic E-state index is 13.9. The van der Waals surface area contributed by atoms with E-state index >= 15 is 0 Å². The number of methoxy groups -OCH3 is 1. The van der Waals surface area contributed by atoms with E-state index in [9.17, 15) is 4.39 Å².